The van der Waals surface area contributed by atoms with E-state index in [0.717, 1.165) is 0 Å². The number of sulfonamides is 1. The van der Waals surface area contributed by atoms with E-state index in [1.54, 1.807) is 14.0 Å². The Hall–Kier alpha value is -1.45. The minimum atomic E-state index is -3.99. The van der Waals surface area contributed by atoms with Gasteiger partial charge in [0, 0.05) is 20.3 Å². The summed E-state index contributed by atoms with van der Waals surface area (Å²) in [5, 5.41) is 13.9. The lowest BCUT2D eigenvalue weighted by Gasteiger charge is -2.04. The number of hydrogen-bond acceptors (Lipinski definition) is 5. The van der Waals surface area contributed by atoms with Crippen molar-refractivity contribution in [1.29, 1.82) is 0 Å². The van der Waals surface area contributed by atoms with Crippen LogP contribution in [0.25, 0.3) is 0 Å². The molecule has 0 radical (unpaired) electrons. The zero-order valence-corrected chi connectivity index (χ0v) is 11.7. The van der Waals surface area contributed by atoms with Gasteiger partial charge in [0.2, 0.25) is 10.0 Å². The summed E-state index contributed by atoms with van der Waals surface area (Å²) in [6.07, 6.45) is 1.01. The van der Waals surface area contributed by atoms with Crippen LogP contribution >= 0.6 is 0 Å². The van der Waals surface area contributed by atoms with Crippen LogP contribution in [0.4, 0.5) is 0 Å². The van der Waals surface area contributed by atoms with E-state index in [9.17, 15) is 13.2 Å². The number of amides is 1. The first kappa shape index (κ1) is 15.6. The molecule has 1 heterocycles. The van der Waals surface area contributed by atoms with Crippen LogP contribution in [0.1, 0.15) is 29.5 Å². The number of methoxy groups -OCH3 is 1. The van der Waals surface area contributed by atoms with Gasteiger partial charge in [0.05, 0.1) is 5.69 Å². The molecular formula is C10H18N4O4S. The largest absolute Gasteiger partial charge is 0.385 e. The number of nitrogens with zero attached hydrogens (tertiary/aromatic N) is 1. The van der Waals surface area contributed by atoms with Gasteiger partial charge in [-0.15, -0.1) is 0 Å². The highest BCUT2D eigenvalue weighted by atomic mass is 32.2. The third-order valence-electron chi connectivity index (χ3n) is 2.46. The first-order valence-corrected chi connectivity index (χ1v) is 7.33. The number of rotatable bonds is 7. The molecule has 108 valence electrons. The van der Waals surface area contributed by atoms with Gasteiger partial charge < -0.3 is 10.1 Å². The Balaban J connectivity index is 2.89. The van der Waals surface area contributed by atoms with Gasteiger partial charge >= 0.3 is 0 Å². The fourth-order valence-electron chi connectivity index (χ4n) is 1.57. The van der Waals surface area contributed by atoms with Crippen molar-refractivity contribution in [3.8, 4) is 0 Å². The third kappa shape index (κ3) is 4.01. The minimum Gasteiger partial charge on any atom is -0.385 e. The van der Waals surface area contributed by atoms with Crippen LogP contribution in [0.2, 0.25) is 0 Å². The Morgan fingerprint density at radius 3 is 2.74 bits per heavy atom. The molecule has 1 amide bonds. The predicted molar refractivity (Wildman–Crippen MR) is 68.2 cm³/mol. The second kappa shape index (κ2) is 6.64. The summed E-state index contributed by atoms with van der Waals surface area (Å²) in [5.74, 6) is -0.573. The Morgan fingerprint density at radius 2 is 2.21 bits per heavy atom. The SMILES string of the molecule is CCc1[nH]nc(C(=O)NCCCOC)c1S(N)(=O)=O. The normalized spacial score (nSPS) is 11.5. The average Bonchev–Trinajstić information content (AvgIpc) is 2.78. The lowest BCUT2D eigenvalue weighted by Crippen LogP contribution is -2.28. The van der Waals surface area contributed by atoms with E-state index in [4.69, 9.17) is 9.88 Å². The van der Waals surface area contributed by atoms with Gasteiger partial charge in [0.15, 0.2) is 5.69 Å². The topological polar surface area (TPSA) is 127 Å². The highest BCUT2D eigenvalue weighted by Crippen LogP contribution is 2.17. The van der Waals surface area contributed by atoms with E-state index >= 15 is 0 Å². The predicted octanol–water partition coefficient (Wildman–Crippen LogP) is -0.614. The molecule has 9 heteroatoms. The van der Waals surface area contributed by atoms with E-state index in [0.29, 0.717) is 31.7 Å². The highest BCUT2D eigenvalue weighted by molar-refractivity contribution is 7.89. The number of aromatic amines is 1. The van der Waals surface area contributed by atoms with Crippen LogP contribution in [-0.2, 0) is 21.2 Å². The molecule has 0 aliphatic carbocycles. The Kier molecular flexibility index (Phi) is 5.45. The molecule has 0 saturated heterocycles. The van der Waals surface area contributed by atoms with Crippen molar-refractivity contribution in [3.63, 3.8) is 0 Å². The van der Waals surface area contributed by atoms with Crippen LogP contribution in [0.5, 0.6) is 0 Å². The Labute approximate surface area is 111 Å². The van der Waals surface area contributed by atoms with E-state index < -0.39 is 15.9 Å². The molecule has 0 spiro atoms. The van der Waals surface area contributed by atoms with Gasteiger partial charge in [-0.25, -0.2) is 13.6 Å². The van der Waals surface area contributed by atoms with Gasteiger partial charge in [0.25, 0.3) is 5.91 Å². The maximum absolute atomic E-state index is 11.9. The van der Waals surface area contributed by atoms with Crippen molar-refractivity contribution in [2.45, 2.75) is 24.7 Å². The maximum atomic E-state index is 11.9. The second-order valence-electron chi connectivity index (χ2n) is 3.88. The number of ether oxygens (including phenoxy) is 1. The molecule has 0 aliphatic heterocycles. The zero-order chi connectivity index (χ0) is 14.5. The highest BCUT2D eigenvalue weighted by Gasteiger charge is 2.26. The molecule has 1 rings (SSSR count). The number of nitrogens with two attached hydrogens (primary N) is 1. The summed E-state index contributed by atoms with van der Waals surface area (Å²) in [6.45, 7) is 2.61. The van der Waals surface area contributed by atoms with Crippen LogP contribution < -0.4 is 10.5 Å². The van der Waals surface area contributed by atoms with Gasteiger partial charge in [-0.3, -0.25) is 9.89 Å². The quantitative estimate of drug-likeness (QED) is 0.577. The third-order valence-corrected chi connectivity index (χ3v) is 3.46. The van der Waals surface area contributed by atoms with Crippen molar-refractivity contribution in [2.24, 2.45) is 5.14 Å². The number of carbonyl (C=O) groups is 1. The maximum Gasteiger partial charge on any atom is 0.273 e. The molecule has 4 N–H and O–H groups in total. The van der Waals surface area contributed by atoms with E-state index in [2.05, 4.69) is 15.5 Å². The van der Waals surface area contributed by atoms with E-state index in [-0.39, 0.29) is 10.6 Å². The average molecular weight is 290 g/mol. The van der Waals surface area contributed by atoms with E-state index in [1.165, 1.54) is 0 Å². The molecule has 0 aliphatic rings. The summed E-state index contributed by atoms with van der Waals surface area (Å²) in [5.41, 5.74) is 0.126. The first-order valence-electron chi connectivity index (χ1n) is 5.79. The summed E-state index contributed by atoms with van der Waals surface area (Å²) < 4.78 is 27.8. The van der Waals surface area contributed by atoms with Crippen LogP contribution in [0.3, 0.4) is 0 Å². The lowest BCUT2D eigenvalue weighted by molar-refractivity contribution is 0.0940. The molecule has 0 unspecified atom stereocenters. The van der Waals surface area contributed by atoms with Crippen LogP contribution in [0, 0.1) is 0 Å². The Bertz CT molecular complexity index is 538. The summed E-state index contributed by atoms with van der Waals surface area (Å²) in [6, 6.07) is 0. The number of aryl methyl sites for hydroxylation is 1. The van der Waals surface area contributed by atoms with Crippen molar-refractivity contribution in [3.05, 3.63) is 11.4 Å². The zero-order valence-electron chi connectivity index (χ0n) is 10.9. The monoisotopic (exact) mass is 290 g/mol. The Morgan fingerprint density at radius 1 is 1.53 bits per heavy atom. The van der Waals surface area contributed by atoms with Gasteiger partial charge in [-0.1, -0.05) is 6.92 Å². The molecule has 0 bridgehead atoms. The first-order chi connectivity index (χ1) is 8.91. The molecule has 1 aromatic heterocycles. The number of nitrogens with one attached hydrogen (secondary N) is 2. The molecule has 19 heavy (non-hydrogen) atoms. The lowest BCUT2D eigenvalue weighted by atomic mass is 10.3. The molecule has 0 atom stereocenters. The molecular weight excluding hydrogens is 272 g/mol. The van der Waals surface area contributed by atoms with Crippen molar-refractivity contribution in [1.82, 2.24) is 15.5 Å². The fraction of sp³-hybridized carbons (Fsp3) is 0.600. The molecule has 0 aromatic carbocycles. The van der Waals surface area contributed by atoms with Gasteiger partial charge in [-0.2, -0.15) is 5.10 Å². The molecule has 0 saturated carbocycles. The fourth-order valence-corrected chi connectivity index (χ4v) is 2.51. The number of hydrogen-bond donors (Lipinski definition) is 3. The van der Waals surface area contributed by atoms with Crippen LogP contribution in [-0.4, -0.2) is 44.8 Å². The van der Waals surface area contributed by atoms with E-state index in [1.807, 2.05) is 0 Å². The standard InChI is InChI=1S/C10H18N4O4S/c1-3-7-9(19(11,16)17)8(14-13-7)10(15)12-5-4-6-18-2/h3-6H2,1-2H3,(H,12,15)(H,13,14)(H2,11,16,17). The summed E-state index contributed by atoms with van der Waals surface area (Å²) in [7, 11) is -2.43. The number of aromatic nitrogens is 2. The second-order valence-corrected chi connectivity index (χ2v) is 5.38. The van der Waals surface area contributed by atoms with Gasteiger partial charge in [-0.05, 0) is 12.8 Å². The summed E-state index contributed by atoms with van der Waals surface area (Å²) in [4.78, 5) is 11.6. The number of primary sulfonamides is 1. The van der Waals surface area contributed by atoms with Crippen molar-refractivity contribution < 1.29 is 17.9 Å². The van der Waals surface area contributed by atoms with Crippen LogP contribution in [0.15, 0.2) is 4.90 Å². The minimum absolute atomic E-state index is 0.197. The molecule has 1 aromatic rings. The smallest absolute Gasteiger partial charge is 0.273 e. The number of H-pyrrole nitrogens is 1. The van der Waals surface area contributed by atoms with Gasteiger partial charge in [0.1, 0.15) is 4.90 Å². The van der Waals surface area contributed by atoms with Crippen molar-refractivity contribution >= 4 is 15.9 Å². The number of carbonyl (C=O) groups excluding carboxylic acids is 1. The van der Waals surface area contributed by atoms with Crippen molar-refractivity contribution in [2.75, 3.05) is 20.3 Å². The molecule has 8 nitrogen and oxygen atoms in total. The molecule has 0 fully saturated rings. The summed E-state index contributed by atoms with van der Waals surface area (Å²) >= 11 is 0.